The molecule has 80 valence electrons. The summed E-state index contributed by atoms with van der Waals surface area (Å²) in [6.45, 7) is 8.03. The van der Waals surface area contributed by atoms with E-state index in [1.54, 1.807) is 0 Å². The molecule has 2 unspecified atom stereocenters. The van der Waals surface area contributed by atoms with Crippen LogP contribution in [0.3, 0.4) is 0 Å². The van der Waals surface area contributed by atoms with E-state index in [0.717, 1.165) is 12.0 Å². The highest BCUT2D eigenvalue weighted by molar-refractivity contribution is 7.98. The summed E-state index contributed by atoms with van der Waals surface area (Å²) in [5.41, 5.74) is 0. The zero-order chi connectivity index (χ0) is 10.1. The third-order valence-electron chi connectivity index (χ3n) is 2.34. The molecule has 0 bridgehead atoms. The molecule has 0 aromatic rings. The summed E-state index contributed by atoms with van der Waals surface area (Å²) in [5, 5.41) is 3.64. The summed E-state index contributed by atoms with van der Waals surface area (Å²) in [4.78, 5) is 0. The van der Waals surface area contributed by atoms with Crippen molar-refractivity contribution >= 4 is 11.8 Å². The highest BCUT2D eigenvalue weighted by atomic mass is 32.2. The first-order valence-electron chi connectivity index (χ1n) is 5.46. The molecule has 13 heavy (non-hydrogen) atoms. The first kappa shape index (κ1) is 13.3. The van der Waals surface area contributed by atoms with Crippen molar-refractivity contribution in [3.05, 3.63) is 0 Å². The molecule has 0 aliphatic rings. The van der Waals surface area contributed by atoms with E-state index in [-0.39, 0.29) is 0 Å². The van der Waals surface area contributed by atoms with Gasteiger partial charge < -0.3 is 5.32 Å². The Labute approximate surface area is 88.1 Å². The molecule has 0 radical (unpaired) electrons. The maximum atomic E-state index is 3.64. The lowest BCUT2D eigenvalue weighted by Crippen LogP contribution is -2.32. The minimum absolute atomic E-state index is 0.745. The SMILES string of the molecule is CCCC(CC)NCC(C)CSC. The zero-order valence-corrected chi connectivity index (χ0v) is 10.4. The van der Waals surface area contributed by atoms with Crippen LogP contribution in [0.25, 0.3) is 0 Å². The Morgan fingerprint density at radius 1 is 1.31 bits per heavy atom. The van der Waals surface area contributed by atoms with Crippen molar-refractivity contribution in [3.63, 3.8) is 0 Å². The van der Waals surface area contributed by atoms with Crippen LogP contribution in [-0.2, 0) is 0 Å². The molecule has 0 aromatic carbocycles. The van der Waals surface area contributed by atoms with Gasteiger partial charge >= 0.3 is 0 Å². The van der Waals surface area contributed by atoms with Gasteiger partial charge in [0.25, 0.3) is 0 Å². The van der Waals surface area contributed by atoms with Crippen LogP contribution in [-0.4, -0.2) is 24.6 Å². The second kappa shape index (κ2) is 8.89. The highest BCUT2D eigenvalue weighted by Gasteiger charge is 2.06. The lowest BCUT2D eigenvalue weighted by atomic mass is 10.1. The maximum Gasteiger partial charge on any atom is 0.00644 e. The molecule has 0 fully saturated rings. The van der Waals surface area contributed by atoms with Crippen molar-refractivity contribution in [1.82, 2.24) is 5.32 Å². The first-order valence-corrected chi connectivity index (χ1v) is 6.86. The Kier molecular flexibility index (Phi) is 9.10. The average Bonchev–Trinajstić information content (AvgIpc) is 2.12. The van der Waals surface area contributed by atoms with Gasteiger partial charge in [-0.25, -0.2) is 0 Å². The Balaban J connectivity index is 3.46. The molecule has 0 aliphatic heterocycles. The molecule has 0 aromatic heterocycles. The fraction of sp³-hybridized carbons (Fsp3) is 1.00. The van der Waals surface area contributed by atoms with Gasteiger partial charge in [0.05, 0.1) is 0 Å². The summed E-state index contributed by atoms with van der Waals surface area (Å²) in [6, 6.07) is 0.745. The molecule has 2 heteroatoms. The summed E-state index contributed by atoms with van der Waals surface area (Å²) in [7, 11) is 0. The van der Waals surface area contributed by atoms with Crippen molar-refractivity contribution in [2.75, 3.05) is 18.6 Å². The van der Waals surface area contributed by atoms with E-state index in [4.69, 9.17) is 0 Å². The van der Waals surface area contributed by atoms with Gasteiger partial charge in [0.15, 0.2) is 0 Å². The predicted octanol–water partition coefficient (Wildman–Crippen LogP) is 3.15. The van der Waals surface area contributed by atoms with Crippen molar-refractivity contribution in [1.29, 1.82) is 0 Å². The Morgan fingerprint density at radius 3 is 2.46 bits per heavy atom. The fourth-order valence-corrected chi connectivity index (χ4v) is 2.20. The standard InChI is InChI=1S/C11H25NS/c1-5-7-11(6-2)12-8-10(3)9-13-4/h10-12H,5-9H2,1-4H3. The first-order chi connectivity index (χ1) is 6.24. The van der Waals surface area contributed by atoms with Crippen molar-refractivity contribution < 1.29 is 0 Å². The quantitative estimate of drug-likeness (QED) is 0.650. The summed E-state index contributed by atoms with van der Waals surface area (Å²) >= 11 is 1.94. The van der Waals surface area contributed by atoms with Crippen molar-refractivity contribution in [3.8, 4) is 0 Å². The molecule has 0 heterocycles. The van der Waals surface area contributed by atoms with Gasteiger partial charge in [0, 0.05) is 6.04 Å². The summed E-state index contributed by atoms with van der Waals surface area (Å²) in [6.07, 6.45) is 6.06. The van der Waals surface area contributed by atoms with Crippen LogP contribution in [0.15, 0.2) is 0 Å². The predicted molar refractivity (Wildman–Crippen MR) is 64.5 cm³/mol. The molecule has 1 nitrogen and oxygen atoms in total. The Morgan fingerprint density at radius 2 is 2.00 bits per heavy atom. The minimum atomic E-state index is 0.745. The third kappa shape index (κ3) is 7.39. The summed E-state index contributed by atoms with van der Waals surface area (Å²) < 4.78 is 0. The van der Waals surface area contributed by atoms with Gasteiger partial charge in [-0.15, -0.1) is 0 Å². The van der Waals surface area contributed by atoms with E-state index in [1.807, 2.05) is 11.8 Å². The zero-order valence-electron chi connectivity index (χ0n) is 9.60. The molecular formula is C11H25NS. The van der Waals surface area contributed by atoms with Gasteiger partial charge in [-0.3, -0.25) is 0 Å². The molecule has 1 N–H and O–H groups in total. The van der Waals surface area contributed by atoms with Crippen LogP contribution >= 0.6 is 11.8 Å². The van der Waals surface area contributed by atoms with E-state index >= 15 is 0 Å². The highest BCUT2D eigenvalue weighted by Crippen LogP contribution is 2.05. The van der Waals surface area contributed by atoms with E-state index in [9.17, 15) is 0 Å². The van der Waals surface area contributed by atoms with Gasteiger partial charge in [-0.2, -0.15) is 11.8 Å². The van der Waals surface area contributed by atoms with Gasteiger partial charge in [-0.1, -0.05) is 27.2 Å². The molecule has 0 rings (SSSR count). The monoisotopic (exact) mass is 203 g/mol. The molecule has 0 saturated carbocycles. The molecule has 2 atom stereocenters. The van der Waals surface area contributed by atoms with Crippen LogP contribution < -0.4 is 5.32 Å². The van der Waals surface area contributed by atoms with Gasteiger partial charge in [0.2, 0.25) is 0 Å². The van der Waals surface area contributed by atoms with E-state index < -0.39 is 0 Å². The van der Waals surface area contributed by atoms with Crippen LogP contribution in [0, 0.1) is 5.92 Å². The number of nitrogens with one attached hydrogen (secondary N) is 1. The van der Waals surface area contributed by atoms with Crippen molar-refractivity contribution in [2.24, 2.45) is 5.92 Å². The number of hydrogen-bond donors (Lipinski definition) is 1. The van der Waals surface area contributed by atoms with E-state index in [1.165, 1.54) is 31.6 Å². The second-order valence-corrected chi connectivity index (χ2v) is 4.77. The van der Waals surface area contributed by atoms with Crippen LogP contribution in [0.5, 0.6) is 0 Å². The lowest BCUT2D eigenvalue weighted by Gasteiger charge is -2.18. The topological polar surface area (TPSA) is 12.0 Å². The van der Waals surface area contributed by atoms with Crippen LogP contribution in [0.1, 0.15) is 40.0 Å². The Hall–Kier alpha value is 0.310. The van der Waals surface area contributed by atoms with Gasteiger partial charge in [0.1, 0.15) is 0 Å². The molecular weight excluding hydrogens is 178 g/mol. The summed E-state index contributed by atoms with van der Waals surface area (Å²) in [5.74, 6) is 2.08. The number of rotatable bonds is 8. The lowest BCUT2D eigenvalue weighted by molar-refractivity contribution is 0.431. The molecule has 0 aliphatic carbocycles. The average molecular weight is 203 g/mol. The molecule has 0 amide bonds. The normalized spacial score (nSPS) is 15.7. The third-order valence-corrected chi connectivity index (χ3v) is 3.24. The second-order valence-electron chi connectivity index (χ2n) is 3.86. The van der Waals surface area contributed by atoms with Gasteiger partial charge in [-0.05, 0) is 37.3 Å². The smallest absolute Gasteiger partial charge is 0.00644 e. The fourth-order valence-electron chi connectivity index (χ4n) is 1.51. The Bertz CT molecular complexity index is 106. The number of thioether (sulfide) groups is 1. The molecule has 0 spiro atoms. The van der Waals surface area contributed by atoms with E-state index in [0.29, 0.717) is 0 Å². The largest absolute Gasteiger partial charge is 0.314 e. The van der Waals surface area contributed by atoms with Crippen molar-refractivity contribution in [2.45, 2.75) is 46.1 Å². The molecule has 0 saturated heterocycles. The van der Waals surface area contributed by atoms with Crippen LogP contribution in [0.2, 0.25) is 0 Å². The number of hydrogen-bond acceptors (Lipinski definition) is 2. The van der Waals surface area contributed by atoms with Crippen LogP contribution in [0.4, 0.5) is 0 Å². The maximum absolute atomic E-state index is 3.64. The minimum Gasteiger partial charge on any atom is -0.314 e. The van der Waals surface area contributed by atoms with E-state index in [2.05, 4.69) is 32.3 Å².